The SMILES string of the molecule is Nc1cccc(CC(=O)Nc2onc(-c3ccc(F)cc3)c2-c2ccncn2)c1. The summed E-state index contributed by atoms with van der Waals surface area (Å²) in [5.74, 6) is -0.513. The Morgan fingerprint density at radius 1 is 1.14 bits per heavy atom. The number of carbonyl (C=O) groups excluding carboxylic acids is 1. The third-order valence-corrected chi connectivity index (χ3v) is 4.22. The third-order valence-electron chi connectivity index (χ3n) is 4.22. The Balaban J connectivity index is 1.68. The Morgan fingerprint density at radius 2 is 1.97 bits per heavy atom. The highest BCUT2D eigenvalue weighted by Crippen LogP contribution is 2.36. The quantitative estimate of drug-likeness (QED) is 0.504. The van der Waals surface area contributed by atoms with Crippen molar-refractivity contribution in [2.75, 3.05) is 11.1 Å². The number of nitrogens with zero attached hydrogens (tertiary/aromatic N) is 3. The number of halogens is 1. The number of aromatic nitrogens is 3. The Bertz CT molecular complexity index is 1140. The van der Waals surface area contributed by atoms with Crippen molar-refractivity contribution < 1.29 is 13.7 Å². The molecule has 0 saturated carbocycles. The van der Waals surface area contributed by atoms with Crippen LogP contribution in [0.1, 0.15) is 5.56 Å². The Kier molecular flexibility index (Phi) is 4.98. The van der Waals surface area contributed by atoms with E-state index in [1.165, 1.54) is 18.5 Å². The van der Waals surface area contributed by atoms with Gasteiger partial charge >= 0.3 is 0 Å². The number of nitrogens with one attached hydrogen (secondary N) is 1. The lowest BCUT2D eigenvalue weighted by atomic mass is 10.0. The van der Waals surface area contributed by atoms with Crippen LogP contribution in [0, 0.1) is 5.82 Å². The molecule has 4 aromatic rings. The van der Waals surface area contributed by atoms with Gasteiger partial charge < -0.3 is 10.3 Å². The van der Waals surface area contributed by atoms with Crippen molar-refractivity contribution in [3.63, 3.8) is 0 Å². The zero-order valence-electron chi connectivity index (χ0n) is 15.2. The second-order valence-electron chi connectivity index (χ2n) is 6.31. The molecule has 0 bridgehead atoms. The summed E-state index contributed by atoms with van der Waals surface area (Å²) in [6.45, 7) is 0. The summed E-state index contributed by atoms with van der Waals surface area (Å²) >= 11 is 0. The molecule has 0 aliphatic carbocycles. The molecule has 0 radical (unpaired) electrons. The van der Waals surface area contributed by atoms with Gasteiger partial charge in [-0.2, -0.15) is 0 Å². The lowest BCUT2D eigenvalue weighted by Gasteiger charge is -2.06. The molecular weight excluding hydrogens is 373 g/mol. The summed E-state index contributed by atoms with van der Waals surface area (Å²) in [6.07, 6.45) is 3.07. The fourth-order valence-electron chi connectivity index (χ4n) is 2.92. The van der Waals surface area contributed by atoms with Crippen molar-refractivity contribution in [2.45, 2.75) is 6.42 Å². The number of nitrogens with two attached hydrogens (primary N) is 1. The molecule has 29 heavy (non-hydrogen) atoms. The van der Waals surface area contributed by atoms with E-state index in [0.717, 1.165) is 5.56 Å². The van der Waals surface area contributed by atoms with Crippen molar-refractivity contribution in [3.8, 4) is 22.5 Å². The van der Waals surface area contributed by atoms with Crippen LogP contribution in [-0.4, -0.2) is 21.0 Å². The van der Waals surface area contributed by atoms with E-state index in [0.29, 0.717) is 28.2 Å². The van der Waals surface area contributed by atoms with Gasteiger partial charge in [0.05, 0.1) is 17.7 Å². The predicted molar refractivity (Wildman–Crippen MR) is 106 cm³/mol. The minimum atomic E-state index is -0.364. The molecule has 3 N–H and O–H groups in total. The van der Waals surface area contributed by atoms with Gasteiger partial charge in [0.15, 0.2) is 0 Å². The largest absolute Gasteiger partial charge is 0.399 e. The maximum Gasteiger partial charge on any atom is 0.241 e. The number of nitrogen functional groups attached to an aromatic ring is 1. The average molecular weight is 389 g/mol. The van der Waals surface area contributed by atoms with Gasteiger partial charge in [-0.25, -0.2) is 14.4 Å². The monoisotopic (exact) mass is 389 g/mol. The predicted octanol–water partition coefficient (Wildman–Crippen LogP) is 3.70. The minimum Gasteiger partial charge on any atom is -0.399 e. The average Bonchev–Trinajstić information content (AvgIpc) is 3.12. The van der Waals surface area contributed by atoms with Gasteiger partial charge in [0.2, 0.25) is 11.8 Å². The van der Waals surface area contributed by atoms with Crippen LogP contribution in [0.3, 0.4) is 0 Å². The molecule has 0 aliphatic heterocycles. The highest BCUT2D eigenvalue weighted by Gasteiger charge is 2.22. The van der Waals surface area contributed by atoms with Gasteiger partial charge in [0.25, 0.3) is 0 Å². The van der Waals surface area contributed by atoms with Crippen molar-refractivity contribution in [1.29, 1.82) is 0 Å². The van der Waals surface area contributed by atoms with Crippen molar-refractivity contribution in [3.05, 3.63) is 78.5 Å². The molecule has 1 amide bonds. The molecule has 0 aliphatic rings. The zero-order chi connectivity index (χ0) is 20.2. The molecule has 0 spiro atoms. The van der Waals surface area contributed by atoms with E-state index in [4.69, 9.17) is 10.3 Å². The molecule has 0 atom stereocenters. The van der Waals surface area contributed by atoms with Crippen LogP contribution in [0.2, 0.25) is 0 Å². The highest BCUT2D eigenvalue weighted by molar-refractivity contribution is 5.97. The van der Waals surface area contributed by atoms with Gasteiger partial charge in [0, 0.05) is 17.4 Å². The van der Waals surface area contributed by atoms with E-state index in [1.807, 2.05) is 6.07 Å². The maximum atomic E-state index is 13.3. The van der Waals surface area contributed by atoms with Gasteiger partial charge in [0.1, 0.15) is 17.8 Å². The van der Waals surface area contributed by atoms with Crippen LogP contribution in [-0.2, 0) is 11.2 Å². The molecule has 4 rings (SSSR count). The normalized spacial score (nSPS) is 10.7. The Morgan fingerprint density at radius 3 is 2.69 bits per heavy atom. The van der Waals surface area contributed by atoms with Crippen LogP contribution >= 0.6 is 0 Å². The summed E-state index contributed by atoms with van der Waals surface area (Å²) < 4.78 is 18.7. The summed E-state index contributed by atoms with van der Waals surface area (Å²) in [6, 6.07) is 14.6. The van der Waals surface area contributed by atoms with Crippen molar-refractivity contribution in [2.24, 2.45) is 0 Å². The topological polar surface area (TPSA) is 107 Å². The summed E-state index contributed by atoms with van der Waals surface area (Å²) in [7, 11) is 0. The first kappa shape index (κ1) is 18.3. The lowest BCUT2D eigenvalue weighted by Crippen LogP contribution is -2.14. The van der Waals surface area contributed by atoms with Gasteiger partial charge in [-0.1, -0.05) is 17.3 Å². The van der Waals surface area contributed by atoms with E-state index in [-0.39, 0.29) is 24.0 Å². The number of rotatable bonds is 5. The number of amides is 1. The van der Waals surface area contributed by atoms with Crippen LogP contribution < -0.4 is 11.1 Å². The van der Waals surface area contributed by atoms with Gasteiger partial charge in [-0.15, -0.1) is 0 Å². The van der Waals surface area contributed by atoms with Crippen molar-refractivity contribution in [1.82, 2.24) is 15.1 Å². The lowest BCUT2D eigenvalue weighted by molar-refractivity contribution is -0.115. The standard InChI is InChI=1S/C21H16FN5O2/c22-15-6-4-14(5-7-15)20-19(17-8-9-24-12-25-17)21(29-27-20)26-18(28)11-13-2-1-3-16(23)10-13/h1-10,12H,11,23H2,(H,26,28). The highest BCUT2D eigenvalue weighted by atomic mass is 19.1. The number of anilines is 2. The van der Waals surface area contributed by atoms with Crippen LogP contribution in [0.25, 0.3) is 22.5 Å². The summed E-state index contributed by atoms with van der Waals surface area (Å²) in [5.41, 5.74) is 9.17. The molecule has 2 heterocycles. The number of hydrogen-bond donors (Lipinski definition) is 2. The van der Waals surface area contributed by atoms with Crippen molar-refractivity contribution >= 4 is 17.5 Å². The molecule has 8 heteroatoms. The first-order chi connectivity index (χ1) is 14.1. The zero-order valence-corrected chi connectivity index (χ0v) is 15.2. The number of carbonyl (C=O) groups is 1. The van der Waals surface area contributed by atoms with Gasteiger partial charge in [-0.05, 0) is 48.0 Å². The molecular formula is C21H16FN5O2. The molecule has 144 valence electrons. The summed E-state index contributed by atoms with van der Waals surface area (Å²) in [4.78, 5) is 20.7. The number of hydrogen-bond acceptors (Lipinski definition) is 6. The molecule has 0 unspecified atom stereocenters. The molecule has 7 nitrogen and oxygen atoms in total. The first-order valence-corrected chi connectivity index (χ1v) is 8.76. The third kappa shape index (κ3) is 4.11. The number of benzene rings is 2. The summed E-state index contributed by atoms with van der Waals surface area (Å²) in [5, 5.41) is 6.81. The molecule has 0 fully saturated rings. The van der Waals surface area contributed by atoms with Crippen LogP contribution in [0.4, 0.5) is 16.0 Å². The van der Waals surface area contributed by atoms with E-state index < -0.39 is 0 Å². The molecule has 2 aromatic heterocycles. The molecule has 0 saturated heterocycles. The fourth-order valence-corrected chi connectivity index (χ4v) is 2.92. The minimum absolute atomic E-state index is 0.112. The van der Waals surface area contributed by atoms with E-state index in [1.54, 1.807) is 42.6 Å². The van der Waals surface area contributed by atoms with E-state index >= 15 is 0 Å². The van der Waals surface area contributed by atoms with E-state index in [9.17, 15) is 9.18 Å². The second kappa shape index (κ2) is 7.89. The second-order valence-corrected chi connectivity index (χ2v) is 6.31. The smallest absolute Gasteiger partial charge is 0.241 e. The first-order valence-electron chi connectivity index (χ1n) is 8.76. The maximum absolute atomic E-state index is 13.3. The van der Waals surface area contributed by atoms with Gasteiger partial charge in [-0.3, -0.25) is 10.1 Å². The Hall–Kier alpha value is -4.07. The van der Waals surface area contributed by atoms with Crippen LogP contribution in [0.15, 0.2) is 71.6 Å². The van der Waals surface area contributed by atoms with Crippen LogP contribution in [0.5, 0.6) is 0 Å². The van der Waals surface area contributed by atoms with E-state index in [2.05, 4.69) is 20.4 Å². The molecule has 2 aromatic carbocycles. The Labute approximate surface area is 165 Å². The fraction of sp³-hybridized carbons (Fsp3) is 0.0476.